The Balaban J connectivity index is 2.00. The van der Waals surface area contributed by atoms with Crippen LogP contribution in [0.2, 0.25) is 0 Å². The summed E-state index contributed by atoms with van der Waals surface area (Å²) in [6, 6.07) is 5.38. The van der Waals surface area contributed by atoms with Crippen molar-refractivity contribution in [3.8, 4) is 0 Å². The molecule has 0 spiro atoms. The molecule has 0 saturated heterocycles. The fourth-order valence-corrected chi connectivity index (χ4v) is 2.13. The Morgan fingerprint density at radius 1 is 1.53 bits per heavy atom. The molecule has 1 amide bonds. The Hall–Kier alpha value is -0.910. The zero-order valence-corrected chi connectivity index (χ0v) is 11.0. The first-order chi connectivity index (χ1) is 8.20. The number of carbonyl (C=O) groups excluding carboxylic acids is 1. The minimum Gasteiger partial charge on any atom is -0.374 e. The predicted octanol–water partition coefficient (Wildman–Crippen LogP) is 2.12. The highest BCUT2D eigenvalue weighted by atomic mass is 79.9. The number of halogens is 1. The molecule has 1 aliphatic rings. The smallest absolute Gasteiger partial charge is 0.265 e. The molecule has 0 radical (unpaired) electrons. The minimum absolute atomic E-state index is 0.294. The van der Waals surface area contributed by atoms with Gasteiger partial charge >= 0.3 is 0 Å². The summed E-state index contributed by atoms with van der Waals surface area (Å²) in [6.45, 7) is 0.579. The topological polar surface area (TPSA) is 64.3 Å². The molecule has 1 saturated carbocycles. The van der Waals surface area contributed by atoms with E-state index in [9.17, 15) is 4.79 Å². The molecule has 0 aliphatic heterocycles. The number of amides is 1. The Labute approximate surface area is 109 Å². The lowest BCUT2D eigenvalue weighted by Crippen LogP contribution is -2.30. The monoisotopic (exact) mass is 298 g/mol. The summed E-state index contributed by atoms with van der Waals surface area (Å²) >= 11 is 3.43. The number of rotatable bonds is 4. The van der Waals surface area contributed by atoms with Gasteiger partial charge in [0.2, 0.25) is 0 Å². The molecule has 2 rings (SSSR count). The van der Waals surface area contributed by atoms with E-state index in [1.807, 2.05) is 6.07 Å². The molecule has 0 bridgehead atoms. The van der Waals surface area contributed by atoms with E-state index in [4.69, 9.17) is 10.6 Å². The van der Waals surface area contributed by atoms with Gasteiger partial charge in [0, 0.05) is 10.0 Å². The molecular weight excluding hydrogens is 284 g/mol. The van der Waals surface area contributed by atoms with Gasteiger partial charge in [-0.1, -0.05) is 22.0 Å². The first-order valence-electron chi connectivity index (χ1n) is 5.61. The Morgan fingerprint density at radius 2 is 2.29 bits per heavy atom. The number of benzene rings is 1. The van der Waals surface area contributed by atoms with Crippen LogP contribution in [0.25, 0.3) is 0 Å². The van der Waals surface area contributed by atoms with Crippen molar-refractivity contribution in [2.75, 3.05) is 0 Å². The molecule has 0 aromatic heterocycles. The van der Waals surface area contributed by atoms with Crippen LogP contribution in [0.3, 0.4) is 0 Å². The van der Waals surface area contributed by atoms with E-state index >= 15 is 0 Å². The lowest BCUT2D eigenvalue weighted by Gasteiger charge is -2.25. The van der Waals surface area contributed by atoms with E-state index in [0.29, 0.717) is 18.3 Å². The minimum atomic E-state index is -0.294. The predicted molar refractivity (Wildman–Crippen MR) is 68.2 cm³/mol. The molecule has 1 aliphatic carbocycles. The SMILES string of the molecule is NNC(=O)c1ccc(COC2CCC2)c(Br)c1. The number of hydrogen-bond donors (Lipinski definition) is 2. The van der Waals surface area contributed by atoms with Crippen LogP contribution in [0.4, 0.5) is 0 Å². The highest BCUT2D eigenvalue weighted by Gasteiger charge is 2.18. The van der Waals surface area contributed by atoms with Crippen molar-refractivity contribution in [1.29, 1.82) is 0 Å². The Bertz CT molecular complexity index is 419. The number of ether oxygens (including phenoxy) is 1. The van der Waals surface area contributed by atoms with Gasteiger partial charge in [-0.15, -0.1) is 0 Å². The van der Waals surface area contributed by atoms with Crippen molar-refractivity contribution in [2.45, 2.75) is 32.0 Å². The van der Waals surface area contributed by atoms with Crippen LogP contribution in [0.1, 0.15) is 35.2 Å². The largest absolute Gasteiger partial charge is 0.374 e. The number of hydrazine groups is 1. The number of nitrogens with two attached hydrogens (primary N) is 1. The van der Waals surface area contributed by atoms with Crippen molar-refractivity contribution < 1.29 is 9.53 Å². The average Bonchev–Trinajstić information content (AvgIpc) is 2.28. The average molecular weight is 299 g/mol. The van der Waals surface area contributed by atoms with Crippen LogP contribution in [0.5, 0.6) is 0 Å². The first kappa shape index (κ1) is 12.5. The van der Waals surface area contributed by atoms with Gasteiger partial charge in [0.15, 0.2) is 0 Å². The summed E-state index contributed by atoms with van der Waals surface area (Å²) in [4.78, 5) is 11.3. The summed E-state index contributed by atoms with van der Waals surface area (Å²) in [6.07, 6.45) is 3.99. The number of nitrogens with one attached hydrogen (secondary N) is 1. The Kier molecular flexibility index (Phi) is 4.15. The molecule has 0 unspecified atom stereocenters. The van der Waals surface area contributed by atoms with Gasteiger partial charge in [-0.2, -0.15) is 0 Å². The second-order valence-corrected chi connectivity index (χ2v) is 5.00. The molecule has 1 aromatic rings. The Morgan fingerprint density at radius 3 is 2.82 bits per heavy atom. The van der Waals surface area contributed by atoms with Crippen LogP contribution in [-0.2, 0) is 11.3 Å². The first-order valence-corrected chi connectivity index (χ1v) is 6.41. The van der Waals surface area contributed by atoms with Crippen molar-refractivity contribution in [2.24, 2.45) is 5.84 Å². The van der Waals surface area contributed by atoms with E-state index in [2.05, 4.69) is 21.4 Å². The van der Waals surface area contributed by atoms with Gasteiger partial charge < -0.3 is 4.74 Å². The van der Waals surface area contributed by atoms with E-state index in [1.54, 1.807) is 12.1 Å². The highest BCUT2D eigenvalue weighted by Crippen LogP contribution is 2.25. The van der Waals surface area contributed by atoms with Gasteiger partial charge in [0.25, 0.3) is 5.91 Å². The summed E-state index contributed by atoms with van der Waals surface area (Å²) in [5.41, 5.74) is 3.69. The second kappa shape index (κ2) is 5.62. The molecule has 1 aromatic carbocycles. The van der Waals surface area contributed by atoms with Gasteiger partial charge in [0.1, 0.15) is 0 Å². The summed E-state index contributed by atoms with van der Waals surface area (Å²) in [5.74, 6) is 4.78. The third-order valence-corrected chi connectivity index (χ3v) is 3.71. The molecule has 3 N–H and O–H groups in total. The van der Waals surface area contributed by atoms with Crippen LogP contribution in [0, 0.1) is 0 Å². The van der Waals surface area contributed by atoms with E-state index in [-0.39, 0.29) is 5.91 Å². The third-order valence-electron chi connectivity index (χ3n) is 2.97. The summed E-state index contributed by atoms with van der Waals surface area (Å²) < 4.78 is 6.59. The van der Waals surface area contributed by atoms with Crippen molar-refractivity contribution in [3.63, 3.8) is 0 Å². The van der Waals surface area contributed by atoms with Crippen molar-refractivity contribution in [1.82, 2.24) is 5.43 Å². The summed E-state index contributed by atoms with van der Waals surface area (Å²) in [7, 11) is 0. The molecule has 4 nitrogen and oxygen atoms in total. The third kappa shape index (κ3) is 3.06. The van der Waals surface area contributed by atoms with Gasteiger partial charge in [-0.3, -0.25) is 10.2 Å². The maximum Gasteiger partial charge on any atom is 0.265 e. The number of nitrogen functional groups attached to an aromatic ring is 1. The van der Waals surface area contributed by atoms with Crippen LogP contribution >= 0.6 is 15.9 Å². The van der Waals surface area contributed by atoms with Gasteiger partial charge in [-0.25, -0.2) is 5.84 Å². The zero-order chi connectivity index (χ0) is 12.3. The molecular formula is C12H15BrN2O2. The molecule has 17 heavy (non-hydrogen) atoms. The normalized spacial score (nSPS) is 15.4. The van der Waals surface area contributed by atoms with Gasteiger partial charge in [0.05, 0.1) is 12.7 Å². The fraction of sp³-hybridized carbons (Fsp3) is 0.417. The van der Waals surface area contributed by atoms with Gasteiger partial charge in [-0.05, 0) is 37.0 Å². The van der Waals surface area contributed by atoms with Crippen LogP contribution < -0.4 is 11.3 Å². The number of carbonyl (C=O) groups is 1. The van der Waals surface area contributed by atoms with E-state index < -0.39 is 0 Å². The molecule has 0 atom stereocenters. The summed E-state index contributed by atoms with van der Waals surface area (Å²) in [5, 5.41) is 0. The lowest BCUT2D eigenvalue weighted by molar-refractivity contribution is -0.00890. The molecule has 0 heterocycles. The molecule has 1 fully saturated rings. The highest BCUT2D eigenvalue weighted by molar-refractivity contribution is 9.10. The molecule has 5 heteroatoms. The van der Waals surface area contributed by atoms with Crippen LogP contribution in [0.15, 0.2) is 22.7 Å². The van der Waals surface area contributed by atoms with Crippen molar-refractivity contribution >= 4 is 21.8 Å². The fourth-order valence-electron chi connectivity index (χ4n) is 1.63. The zero-order valence-electron chi connectivity index (χ0n) is 9.41. The van der Waals surface area contributed by atoms with Crippen LogP contribution in [-0.4, -0.2) is 12.0 Å². The number of hydrogen-bond acceptors (Lipinski definition) is 3. The molecule has 92 valence electrons. The van der Waals surface area contributed by atoms with Crippen molar-refractivity contribution in [3.05, 3.63) is 33.8 Å². The van der Waals surface area contributed by atoms with E-state index in [1.165, 1.54) is 6.42 Å². The maximum absolute atomic E-state index is 11.3. The maximum atomic E-state index is 11.3. The quantitative estimate of drug-likeness (QED) is 0.508. The van der Waals surface area contributed by atoms with E-state index in [0.717, 1.165) is 22.9 Å². The second-order valence-electron chi connectivity index (χ2n) is 4.14. The standard InChI is InChI=1S/C12H15BrN2O2/c13-11-6-8(12(16)15-14)4-5-9(11)7-17-10-2-1-3-10/h4-6,10H,1-3,7,14H2,(H,15,16). The lowest BCUT2D eigenvalue weighted by atomic mass is 9.96.